The van der Waals surface area contributed by atoms with Crippen LogP contribution in [0.4, 0.5) is 0 Å². The van der Waals surface area contributed by atoms with Crippen LogP contribution in [0.3, 0.4) is 0 Å². The molecule has 0 saturated heterocycles. The molecular weight excluding hydrogens is 250 g/mol. The maximum Gasteiger partial charge on any atom is 0.164 e. The van der Waals surface area contributed by atoms with E-state index in [4.69, 9.17) is 11.6 Å². The van der Waals surface area contributed by atoms with E-state index in [0.717, 1.165) is 6.26 Å². The summed E-state index contributed by atoms with van der Waals surface area (Å²) in [5, 5.41) is 0.327. The van der Waals surface area contributed by atoms with Crippen LogP contribution in [0.2, 0.25) is 5.15 Å². The second-order valence-corrected chi connectivity index (χ2v) is 6.17. The molecule has 1 aromatic heterocycles. The van der Waals surface area contributed by atoms with Gasteiger partial charge in [-0.1, -0.05) is 11.6 Å². The number of pyridine rings is 1. The van der Waals surface area contributed by atoms with Gasteiger partial charge < -0.3 is 0 Å². The van der Waals surface area contributed by atoms with Crippen LogP contribution in [0.15, 0.2) is 18.3 Å². The van der Waals surface area contributed by atoms with Crippen molar-refractivity contribution in [2.75, 3.05) is 12.0 Å². The van der Waals surface area contributed by atoms with Crippen LogP contribution in [-0.4, -0.2) is 31.2 Å². The first-order valence-electron chi connectivity index (χ1n) is 4.71. The van der Waals surface area contributed by atoms with Gasteiger partial charge >= 0.3 is 0 Å². The summed E-state index contributed by atoms with van der Waals surface area (Å²) in [5.41, 5.74) is 0.456. The second-order valence-electron chi connectivity index (χ2n) is 3.53. The van der Waals surface area contributed by atoms with Crippen molar-refractivity contribution in [3.8, 4) is 0 Å². The molecule has 0 N–H and O–H groups in total. The first-order valence-corrected chi connectivity index (χ1v) is 7.15. The van der Waals surface area contributed by atoms with Gasteiger partial charge in [-0.2, -0.15) is 0 Å². The maximum atomic E-state index is 11.6. The Morgan fingerprint density at radius 3 is 2.62 bits per heavy atom. The summed E-state index contributed by atoms with van der Waals surface area (Å²) in [6, 6.07) is 3.11. The molecule has 0 amide bonds. The molecule has 0 aliphatic heterocycles. The standard InChI is InChI=1S/C10H12ClNO3S/c1-16(14,15)6-2-3-9(13)8-4-5-10(11)12-7-8/h4-5,7H,2-3,6H2,1H3. The van der Waals surface area contributed by atoms with Gasteiger partial charge in [-0.15, -0.1) is 0 Å². The number of sulfone groups is 1. The quantitative estimate of drug-likeness (QED) is 0.598. The maximum absolute atomic E-state index is 11.6. The van der Waals surface area contributed by atoms with E-state index in [2.05, 4.69) is 4.98 Å². The molecule has 16 heavy (non-hydrogen) atoms. The lowest BCUT2D eigenvalue weighted by Gasteiger charge is -2.00. The number of carbonyl (C=O) groups excluding carboxylic acids is 1. The van der Waals surface area contributed by atoms with E-state index in [-0.39, 0.29) is 18.0 Å². The van der Waals surface area contributed by atoms with Crippen molar-refractivity contribution >= 4 is 27.2 Å². The Hall–Kier alpha value is -0.940. The third kappa shape index (κ3) is 4.72. The first kappa shape index (κ1) is 13.1. The van der Waals surface area contributed by atoms with Crippen molar-refractivity contribution in [1.29, 1.82) is 0 Å². The second kappa shape index (κ2) is 5.41. The number of rotatable bonds is 5. The van der Waals surface area contributed by atoms with E-state index in [9.17, 15) is 13.2 Å². The molecule has 0 saturated carbocycles. The van der Waals surface area contributed by atoms with E-state index in [0.29, 0.717) is 17.1 Å². The van der Waals surface area contributed by atoms with Crippen LogP contribution in [0.25, 0.3) is 0 Å². The predicted octanol–water partition coefficient (Wildman–Crippen LogP) is 1.74. The Morgan fingerprint density at radius 1 is 1.44 bits per heavy atom. The molecule has 0 aliphatic rings. The normalized spacial score (nSPS) is 11.4. The van der Waals surface area contributed by atoms with Gasteiger partial charge in [0.2, 0.25) is 0 Å². The third-order valence-corrected chi connectivity index (χ3v) is 3.22. The molecule has 0 unspecified atom stereocenters. The summed E-state index contributed by atoms with van der Waals surface area (Å²) in [6.07, 6.45) is 3.09. The van der Waals surface area contributed by atoms with E-state index in [1.54, 1.807) is 6.07 Å². The number of aromatic nitrogens is 1. The summed E-state index contributed by atoms with van der Waals surface area (Å²) in [4.78, 5) is 15.3. The van der Waals surface area contributed by atoms with Gasteiger partial charge in [0.15, 0.2) is 5.78 Å². The molecule has 1 heterocycles. The summed E-state index contributed by atoms with van der Waals surface area (Å²) in [7, 11) is -3.00. The number of hydrogen-bond acceptors (Lipinski definition) is 4. The topological polar surface area (TPSA) is 64.1 Å². The van der Waals surface area contributed by atoms with Crippen molar-refractivity contribution in [1.82, 2.24) is 4.98 Å². The molecule has 4 nitrogen and oxygen atoms in total. The zero-order valence-corrected chi connectivity index (χ0v) is 10.4. The highest BCUT2D eigenvalue weighted by atomic mass is 35.5. The predicted molar refractivity (Wildman–Crippen MR) is 62.5 cm³/mol. The lowest BCUT2D eigenvalue weighted by molar-refractivity contribution is 0.0981. The number of halogens is 1. The van der Waals surface area contributed by atoms with Crippen molar-refractivity contribution in [2.45, 2.75) is 12.8 Å². The Kier molecular flexibility index (Phi) is 4.44. The van der Waals surface area contributed by atoms with Crippen LogP contribution in [0.5, 0.6) is 0 Å². The molecule has 0 fully saturated rings. The smallest absolute Gasteiger partial charge is 0.164 e. The first-order chi connectivity index (χ1) is 7.38. The van der Waals surface area contributed by atoms with E-state index >= 15 is 0 Å². The Balaban J connectivity index is 2.50. The van der Waals surface area contributed by atoms with Gasteiger partial charge in [-0.25, -0.2) is 13.4 Å². The number of hydrogen-bond donors (Lipinski definition) is 0. The molecule has 1 rings (SSSR count). The minimum absolute atomic E-state index is 0.0275. The molecular formula is C10H12ClNO3S. The van der Waals surface area contributed by atoms with E-state index in [1.807, 2.05) is 0 Å². The average Bonchev–Trinajstić information content (AvgIpc) is 2.16. The Bertz CT molecular complexity index is 467. The van der Waals surface area contributed by atoms with Crippen LogP contribution < -0.4 is 0 Å². The van der Waals surface area contributed by atoms with Crippen molar-refractivity contribution in [3.63, 3.8) is 0 Å². The van der Waals surface area contributed by atoms with E-state index in [1.165, 1.54) is 12.3 Å². The molecule has 6 heteroatoms. The monoisotopic (exact) mass is 261 g/mol. The third-order valence-electron chi connectivity index (χ3n) is 1.97. The largest absolute Gasteiger partial charge is 0.294 e. The van der Waals surface area contributed by atoms with Crippen molar-refractivity contribution < 1.29 is 13.2 Å². The fraction of sp³-hybridized carbons (Fsp3) is 0.400. The Morgan fingerprint density at radius 2 is 2.12 bits per heavy atom. The zero-order chi connectivity index (χ0) is 12.2. The summed E-state index contributed by atoms with van der Waals surface area (Å²) in [6.45, 7) is 0. The highest BCUT2D eigenvalue weighted by Crippen LogP contribution is 2.08. The summed E-state index contributed by atoms with van der Waals surface area (Å²) < 4.78 is 21.7. The number of ketones is 1. The molecule has 88 valence electrons. The summed E-state index contributed by atoms with van der Waals surface area (Å²) >= 11 is 5.58. The van der Waals surface area contributed by atoms with Gasteiger partial charge in [0.25, 0.3) is 0 Å². The fourth-order valence-corrected chi connectivity index (χ4v) is 1.96. The number of Topliss-reactive ketones (excluding diaryl/α,β-unsaturated/α-hetero) is 1. The van der Waals surface area contributed by atoms with Gasteiger partial charge in [-0.05, 0) is 18.6 Å². The lowest BCUT2D eigenvalue weighted by Crippen LogP contribution is -2.06. The molecule has 0 spiro atoms. The molecule has 0 bridgehead atoms. The van der Waals surface area contributed by atoms with Crippen LogP contribution >= 0.6 is 11.6 Å². The van der Waals surface area contributed by atoms with Gasteiger partial charge in [0, 0.05) is 24.4 Å². The molecule has 0 atom stereocenters. The molecule has 0 aromatic carbocycles. The highest BCUT2D eigenvalue weighted by Gasteiger charge is 2.08. The number of nitrogens with zero attached hydrogens (tertiary/aromatic N) is 1. The fourth-order valence-electron chi connectivity index (χ4n) is 1.18. The molecule has 0 aliphatic carbocycles. The van der Waals surface area contributed by atoms with Crippen LogP contribution in [0.1, 0.15) is 23.2 Å². The van der Waals surface area contributed by atoms with Crippen molar-refractivity contribution in [2.24, 2.45) is 0 Å². The lowest BCUT2D eigenvalue weighted by atomic mass is 10.1. The average molecular weight is 262 g/mol. The van der Waals surface area contributed by atoms with Crippen molar-refractivity contribution in [3.05, 3.63) is 29.0 Å². The minimum Gasteiger partial charge on any atom is -0.294 e. The number of carbonyl (C=O) groups is 1. The molecule has 1 aromatic rings. The van der Waals surface area contributed by atoms with Crippen LogP contribution in [0, 0.1) is 0 Å². The van der Waals surface area contributed by atoms with Crippen LogP contribution in [-0.2, 0) is 9.84 Å². The SMILES string of the molecule is CS(=O)(=O)CCCC(=O)c1ccc(Cl)nc1. The van der Waals surface area contributed by atoms with Gasteiger partial charge in [-0.3, -0.25) is 4.79 Å². The highest BCUT2D eigenvalue weighted by molar-refractivity contribution is 7.90. The van der Waals surface area contributed by atoms with Gasteiger partial charge in [0.05, 0.1) is 5.75 Å². The zero-order valence-electron chi connectivity index (χ0n) is 8.81. The summed E-state index contributed by atoms with van der Waals surface area (Å²) in [5.74, 6) is -0.0902. The van der Waals surface area contributed by atoms with E-state index < -0.39 is 9.84 Å². The van der Waals surface area contributed by atoms with Gasteiger partial charge in [0.1, 0.15) is 15.0 Å². The molecule has 0 radical (unpaired) electrons. The minimum atomic E-state index is -3.00. The Labute approximate surface area is 99.6 Å².